The lowest BCUT2D eigenvalue weighted by molar-refractivity contribution is -0.112. The minimum Gasteiger partial charge on any atom is -0.511 e. The van der Waals surface area contributed by atoms with Crippen molar-refractivity contribution >= 4 is 46.4 Å². The highest BCUT2D eigenvalue weighted by Gasteiger charge is 2.21. The van der Waals surface area contributed by atoms with Crippen molar-refractivity contribution in [2.45, 2.75) is 13.8 Å². The molecule has 0 saturated carbocycles. The number of aliphatic hydroxyl groups excluding tert-OH is 1. The van der Waals surface area contributed by atoms with Crippen molar-refractivity contribution < 1.29 is 23.8 Å². The Bertz CT molecular complexity index is 1060. The molecule has 156 valence electrons. The minimum absolute atomic E-state index is 0.0296. The number of hydrogen-bond donors (Lipinski definition) is 3. The SMILES string of the molecule is CCOc1cc(NC(=O)/C(C#N)=C(/C)O)c(F)cc1C(=O)Nc1c(Cl)cccc1Cl. The van der Waals surface area contributed by atoms with Gasteiger partial charge in [0, 0.05) is 6.07 Å². The number of amides is 2. The standard InChI is InChI=1S/C20H16Cl2FN3O4/c1-3-30-17-8-16(25-20(29)12(9-24)10(2)27)15(23)7-11(17)19(28)26-18-13(21)5-4-6-14(18)22/h4-8,27H,3H2,1-2H3,(H,25,29)(H,26,28)/b12-10-. The van der Waals surface area contributed by atoms with Crippen LogP contribution in [0.25, 0.3) is 0 Å². The Morgan fingerprint density at radius 1 is 1.23 bits per heavy atom. The first-order chi connectivity index (χ1) is 14.2. The fourth-order valence-electron chi connectivity index (χ4n) is 2.38. The number of carbonyl (C=O) groups is 2. The molecule has 0 heterocycles. The zero-order valence-electron chi connectivity index (χ0n) is 15.8. The molecule has 2 aromatic rings. The van der Waals surface area contributed by atoms with E-state index in [1.165, 1.54) is 18.2 Å². The molecule has 0 aliphatic carbocycles. The number of aliphatic hydroxyl groups is 1. The van der Waals surface area contributed by atoms with E-state index < -0.39 is 29.0 Å². The van der Waals surface area contributed by atoms with E-state index in [1.807, 2.05) is 0 Å². The average Bonchev–Trinajstić information content (AvgIpc) is 2.67. The number of hydrogen-bond acceptors (Lipinski definition) is 5. The molecule has 2 amide bonds. The van der Waals surface area contributed by atoms with E-state index in [0.717, 1.165) is 19.1 Å². The zero-order valence-corrected chi connectivity index (χ0v) is 17.4. The lowest BCUT2D eigenvalue weighted by Crippen LogP contribution is -2.18. The van der Waals surface area contributed by atoms with Crippen molar-refractivity contribution in [2.24, 2.45) is 0 Å². The van der Waals surface area contributed by atoms with Gasteiger partial charge in [-0.2, -0.15) is 5.26 Å². The predicted molar refractivity (Wildman–Crippen MR) is 112 cm³/mol. The highest BCUT2D eigenvalue weighted by molar-refractivity contribution is 6.40. The maximum absolute atomic E-state index is 14.6. The Morgan fingerprint density at radius 3 is 2.40 bits per heavy atom. The second-order valence-electron chi connectivity index (χ2n) is 5.84. The van der Waals surface area contributed by atoms with Gasteiger partial charge in [-0.25, -0.2) is 4.39 Å². The first-order valence-electron chi connectivity index (χ1n) is 8.52. The Morgan fingerprint density at radius 2 is 1.87 bits per heavy atom. The van der Waals surface area contributed by atoms with Crippen LogP contribution < -0.4 is 15.4 Å². The molecule has 30 heavy (non-hydrogen) atoms. The number of carbonyl (C=O) groups excluding carboxylic acids is 2. The molecular weight excluding hydrogens is 436 g/mol. The summed E-state index contributed by atoms with van der Waals surface area (Å²) in [7, 11) is 0. The molecule has 0 spiro atoms. The molecule has 0 aliphatic rings. The zero-order chi connectivity index (χ0) is 22.4. The van der Waals surface area contributed by atoms with E-state index >= 15 is 0 Å². The van der Waals surface area contributed by atoms with Gasteiger partial charge in [0.2, 0.25) is 0 Å². The van der Waals surface area contributed by atoms with Crippen molar-refractivity contribution in [1.29, 1.82) is 5.26 Å². The highest BCUT2D eigenvalue weighted by Crippen LogP contribution is 2.32. The van der Waals surface area contributed by atoms with Gasteiger partial charge in [0.25, 0.3) is 11.8 Å². The lowest BCUT2D eigenvalue weighted by Gasteiger charge is -2.15. The summed E-state index contributed by atoms with van der Waals surface area (Å²) in [6, 6.07) is 8.13. The second-order valence-corrected chi connectivity index (χ2v) is 6.65. The summed E-state index contributed by atoms with van der Waals surface area (Å²) in [5.41, 5.74) is -0.946. The largest absolute Gasteiger partial charge is 0.511 e. The van der Waals surface area contributed by atoms with E-state index in [-0.39, 0.29) is 39.3 Å². The third kappa shape index (κ3) is 5.20. The average molecular weight is 452 g/mol. The van der Waals surface area contributed by atoms with E-state index in [9.17, 15) is 19.1 Å². The number of ether oxygens (including phenoxy) is 1. The second kappa shape index (κ2) is 9.96. The number of para-hydroxylation sites is 1. The van der Waals surface area contributed by atoms with Gasteiger partial charge in [0.1, 0.15) is 23.4 Å². The Hall–Kier alpha value is -3.28. The van der Waals surface area contributed by atoms with Crippen LogP contribution in [0.15, 0.2) is 41.7 Å². The maximum atomic E-state index is 14.6. The van der Waals surface area contributed by atoms with Gasteiger partial charge in [0.05, 0.1) is 33.6 Å². The summed E-state index contributed by atoms with van der Waals surface area (Å²) in [5, 5.41) is 23.4. The number of rotatable bonds is 6. The Labute approximate surface area is 181 Å². The van der Waals surface area contributed by atoms with Crippen LogP contribution in [0.4, 0.5) is 15.8 Å². The third-order valence-electron chi connectivity index (χ3n) is 3.76. The molecule has 3 N–H and O–H groups in total. The van der Waals surface area contributed by atoms with Crippen molar-refractivity contribution in [1.82, 2.24) is 0 Å². The first kappa shape index (κ1) is 23.0. The molecule has 0 atom stereocenters. The highest BCUT2D eigenvalue weighted by atomic mass is 35.5. The van der Waals surface area contributed by atoms with Gasteiger partial charge in [0.15, 0.2) is 5.57 Å². The summed E-state index contributed by atoms with van der Waals surface area (Å²) >= 11 is 12.1. The number of anilines is 2. The quantitative estimate of drug-likeness (QED) is 0.322. The molecule has 0 saturated heterocycles. The normalized spacial score (nSPS) is 11.2. The molecule has 7 nitrogen and oxygen atoms in total. The minimum atomic E-state index is -1.01. The van der Waals surface area contributed by atoms with Crippen LogP contribution in [0.1, 0.15) is 24.2 Å². The number of nitrogens with zero attached hydrogens (tertiary/aromatic N) is 1. The van der Waals surface area contributed by atoms with Gasteiger partial charge in [-0.05, 0) is 32.0 Å². The Kier molecular flexibility index (Phi) is 7.64. The van der Waals surface area contributed by atoms with Crippen LogP contribution in [0, 0.1) is 17.1 Å². The Balaban J connectivity index is 2.41. The van der Waals surface area contributed by atoms with Crippen LogP contribution in [0.2, 0.25) is 10.0 Å². The molecule has 10 heteroatoms. The smallest absolute Gasteiger partial charge is 0.269 e. The number of benzene rings is 2. The van der Waals surface area contributed by atoms with Crippen LogP contribution in [-0.4, -0.2) is 23.5 Å². The van der Waals surface area contributed by atoms with Gasteiger partial charge in [-0.3, -0.25) is 9.59 Å². The molecule has 0 aliphatic heterocycles. The first-order valence-corrected chi connectivity index (χ1v) is 9.28. The van der Waals surface area contributed by atoms with E-state index in [2.05, 4.69) is 10.6 Å². The molecule has 0 unspecified atom stereocenters. The summed E-state index contributed by atoms with van der Waals surface area (Å²) in [4.78, 5) is 24.8. The van der Waals surface area contributed by atoms with Gasteiger partial charge < -0.3 is 20.5 Å². The molecule has 0 radical (unpaired) electrons. The number of nitrogens with one attached hydrogen (secondary N) is 2. The fourth-order valence-corrected chi connectivity index (χ4v) is 2.87. The van der Waals surface area contributed by atoms with E-state index in [0.29, 0.717) is 0 Å². The number of halogens is 3. The summed E-state index contributed by atoms with van der Waals surface area (Å²) in [6.07, 6.45) is 0. The lowest BCUT2D eigenvalue weighted by atomic mass is 10.1. The van der Waals surface area contributed by atoms with Crippen LogP contribution in [0.5, 0.6) is 5.75 Å². The third-order valence-corrected chi connectivity index (χ3v) is 4.39. The van der Waals surface area contributed by atoms with Gasteiger partial charge >= 0.3 is 0 Å². The maximum Gasteiger partial charge on any atom is 0.269 e. The van der Waals surface area contributed by atoms with Crippen molar-refractivity contribution in [3.05, 3.63) is 63.1 Å². The fraction of sp³-hybridized carbons (Fsp3) is 0.150. The molecule has 0 bridgehead atoms. The van der Waals surface area contributed by atoms with Crippen molar-refractivity contribution in [3.63, 3.8) is 0 Å². The van der Waals surface area contributed by atoms with E-state index in [4.69, 9.17) is 33.2 Å². The molecule has 0 aromatic heterocycles. The van der Waals surface area contributed by atoms with Crippen molar-refractivity contribution in [2.75, 3.05) is 17.2 Å². The van der Waals surface area contributed by atoms with E-state index in [1.54, 1.807) is 13.0 Å². The summed E-state index contributed by atoms with van der Waals surface area (Å²) in [6.45, 7) is 2.94. The van der Waals surface area contributed by atoms with Gasteiger partial charge in [-0.15, -0.1) is 0 Å². The molecule has 2 rings (SSSR count). The number of nitriles is 1. The summed E-state index contributed by atoms with van der Waals surface area (Å²) < 4.78 is 20.0. The van der Waals surface area contributed by atoms with Gasteiger partial charge in [-0.1, -0.05) is 29.3 Å². The predicted octanol–water partition coefficient (Wildman–Crippen LogP) is 5.08. The molecular formula is C20H16Cl2FN3O4. The monoisotopic (exact) mass is 451 g/mol. The van der Waals surface area contributed by atoms with Crippen LogP contribution in [0.3, 0.4) is 0 Å². The van der Waals surface area contributed by atoms with Crippen molar-refractivity contribution in [3.8, 4) is 11.8 Å². The van der Waals surface area contributed by atoms with Crippen LogP contribution in [-0.2, 0) is 4.79 Å². The van der Waals surface area contributed by atoms with Crippen LogP contribution >= 0.6 is 23.2 Å². The topological polar surface area (TPSA) is 111 Å². The molecule has 2 aromatic carbocycles. The summed E-state index contributed by atoms with van der Waals surface area (Å²) in [5.74, 6) is -3.27. The number of allylic oxidation sites excluding steroid dienone is 1. The molecule has 0 fully saturated rings.